The lowest BCUT2D eigenvalue weighted by Gasteiger charge is -2.08. The number of hydrogen-bond donors (Lipinski definition) is 1. The summed E-state index contributed by atoms with van der Waals surface area (Å²) in [5, 5.41) is 3.29. The summed E-state index contributed by atoms with van der Waals surface area (Å²) in [6, 6.07) is 4.16. The van der Waals surface area contributed by atoms with Crippen LogP contribution in [-0.4, -0.2) is 0 Å². The van der Waals surface area contributed by atoms with E-state index < -0.39 is 0 Å². The first-order chi connectivity index (χ1) is 6.77. The molecule has 1 aromatic heterocycles. The number of aryl methyl sites for hydroxylation is 1. The maximum Gasteiger partial charge on any atom is 0.0575 e. The molecule has 1 nitrogen and oxygen atoms in total. The summed E-state index contributed by atoms with van der Waals surface area (Å²) in [6.07, 6.45) is 0.984. The number of alkyl halides is 1. The van der Waals surface area contributed by atoms with Crippen LogP contribution in [0.15, 0.2) is 17.5 Å². The highest BCUT2D eigenvalue weighted by Gasteiger charge is 2.09. The lowest BCUT2D eigenvalue weighted by atomic mass is 10.0. The third kappa shape index (κ3) is 1.39. The number of halogens is 1. The number of hydrogen-bond acceptors (Lipinski definition) is 2. The zero-order chi connectivity index (χ0) is 10.1. The Hall–Kier alpha value is -0.730. The summed E-state index contributed by atoms with van der Waals surface area (Å²) in [5.41, 5.74) is 9.35. The van der Waals surface area contributed by atoms with Crippen LogP contribution in [0.1, 0.15) is 18.1 Å². The molecule has 14 heavy (non-hydrogen) atoms. The Morgan fingerprint density at radius 3 is 2.93 bits per heavy atom. The van der Waals surface area contributed by atoms with Crippen LogP contribution in [0.5, 0.6) is 0 Å². The fraction of sp³-hybridized carbons (Fsp3) is 0.273. The second-order valence-corrected chi connectivity index (χ2v) is 4.44. The molecule has 1 aromatic carbocycles. The highest BCUT2D eigenvalue weighted by molar-refractivity contribution is 7.17. The van der Waals surface area contributed by atoms with Crippen molar-refractivity contribution < 1.29 is 0 Å². The van der Waals surface area contributed by atoms with Crippen LogP contribution in [-0.2, 0) is 12.3 Å². The Morgan fingerprint density at radius 2 is 2.29 bits per heavy atom. The highest BCUT2D eigenvalue weighted by Crippen LogP contribution is 2.33. The lowest BCUT2D eigenvalue weighted by Crippen LogP contribution is -1.94. The lowest BCUT2D eigenvalue weighted by molar-refractivity contribution is 1.11. The number of fused-ring (bicyclic) bond motifs is 1. The highest BCUT2D eigenvalue weighted by atomic mass is 35.5. The minimum Gasteiger partial charge on any atom is -0.398 e. The summed E-state index contributed by atoms with van der Waals surface area (Å²) in [6.45, 7) is 2.13. The number of benzene rings is 1. The summed E-state index contributed by atoms with van der Waals surface area (Å²) in [7, 11) is 0. The molecule has 0 saturated heterocycles. The van der Waals surface area contributed by atoms with E-state index in [0.717, 1.165) is 16.8 Å². The van der Waals surface area contributed by atoms with Crippen molar-refractivity contribution in [2.75, 3.05) is 5.73 Å². The largest absolute Gasteiger partial charge is 0.398 e. The Bertz CT molecular complexity index is 462. The molecule has 74 valence electrons. The third-order valence-electron chi connectivity index (χ3n) is 2.48. The maximum absolute atomic E-state index is 5.97. The van der Waals surface area contributed by atoms with Gasteiger partial charge in [0.05, 0.1) is 4.70 Å². The SMILES string of the molecule is CCc1cc(N)c2sccc2c1CCl. The van der Waals surface area contributed by atoms with Gasteiger partial charge in [-0.15, -0.1) is 22.9 Å². The van der Waals surface area contributed by atoms with Crippen LogP contribution < -0.4 is 5.73 Å². The number of rotatable bonds is 2. The molecule has 0 unspecified atom stereocenters. The Kier molecular flexibility index (Phi) is 2.66. The van der Waals surface area contributed by atoms with Crippen LogP contribution in [0.4, 0.5) is 5.69 Å². The molecule has 0 amide bonds. The predicted octanol–water partition coefficient (Wildman–Crippen LogP) is 3.78. The van der Waals surface area contributed by atoms with Crippen molar-refractivity contribution in [3.05, 3.63) is 28.6 Å². The van der Waals surface area contributed by atoms with Gasteiger partial charge in [-0.1, -0.05) is 6.92 Å². The van der Waals surface area contributed by atoms with Crippen LogP contribution in [0.3, 0.4) is 0 Å². The molecular formula is C11H12ClNS. The maximum atomic E-state index is 5.97. The van der Waals surface area contributed by atoms with Gasteiger partial charge in [0, 0.05) is 11.6 Å². The molecule has 2 rings (SSSR count). The zero-order valence-electron chi connectivity index (χ0n) is 8.01. The van der Waals surface area contributed by atoms with Gasteiger partial charge in [0.2, 0.25) is 0 Å². The van der Waals surface area contributed by atoms with Crippen LogP contribution in [0.25, 0.3) is 10.1 Å². The number of thiophene rings is 1. The van der Waals surface area contributed by atoms with Crippen molar-refractivity contribution >= 4 is 38.7 Å². The molecule has 0 radical (unpaired) electrons. The summed E-state index contributed by atoms with van der Waals surface area (Å²) in [5.74, 6) is 0.566. The summed E-state index contributed by atoms with van der Waals surface area (Å²) in [4.78, 5) is 0. The second kappa shape index (κ2) is 3.79. The Balaban J connectivity index is 2.82. The second-order valence-electron chi connectivity index (χ2n) is 3.25. The first kappa shape index (κ1) is 9.81. The van der Waals surface area contributed by atoms with E-state index in [9.17, 15) is 0 Å². The minimum absolute atomic E-state index is 0.566. The van der Waals surface area contributed by atoms with Gasteiger partial charge in [-0.3, -0.25) is 0 Å². The van der Waals surface area contributed by atoms with Crippen LogP contribution in [0, 0.1) is 0 Å². The fourth-order valence-corrected chi connectivity index (χ4v) is 2.93. The van der Waals surface area contributed by atoms with Crippen molar-refractivity contribution in [1.29, 1.82) is 0 Å². The molecule has 2 aromatic rings. The van der Waals surface area contributed by atoms with E-state index in [1.54, 1.807) is 11.3 Å². The van der Waals surface area contributed by atoms with Gasteiger partial charge < -0.3 is 5.73 Å². The monoisotopic (exact) mass is 225 g/mol. The summed E-state index contributed by atoms with van der Waals surface area (Å²) < 4.78 is 1.16. The van der Waals surface area contributed by atoms with E-state index in [0.29, 0.717) is 5.88 Å². The van der Waals surface area contributed by atoms with Crippen molar-refractivity contribution in [2.24, 2.45) is 0 Å². The molecular weight excluding hydrogens is 214 g/mol. The third-order valence-corrected chi connectivity index (χ3v) is 3.72. The van der Waals surface area contributed by atoms with Gasteiger partial charge in [0.15, 0.2) is 0 Å². The smallest absolute Gasteiger partial charge is 0.0575 e. The first-order valence-electron chi connectivity index (χ1n) is 4.61. The molecule has 0 aliphatic carbocycles. The molecule has 0 fully saturated rings. The van der Waals surface area contributed by atoms with Crippen molar-refractivity contribution in [2.45, 2.75) is 19.2 Å². The topological polar surface area (TPSA) is 26.0 Å². The van der Waals surface area contributed by atoms with Gasteiger partial charge in [-0.05, 0) is 40.4 Å². The van der Waals surface area contributed by atoms with E-state index in [-0.39, 0.29) is 0 Å². The molecule has 0 spiro atoms. The minimum atomic E-state index is 0.566. The zero-order valence-corrected chi connectivity index (χ0v) is 9.58. The molecule has 0 atom stereocenters. The first-order valence-corrected chi connectivity index (χ1v) is 6.02. The van der Waals surface area contributed by atoms with Crippen LogP contribution >= 0.6 is 22.9 Å². The van der Waals surface area contributed by atoms with Crippen molar-refractivity contribution in [1.82, 2.24) is 0 Å². The van der Waals surface area contributed by atoms with E-state index >= 15 is 0 Å². The van der Waals surface area contributed by atoms with E-state index in [4.69, 9.17) is 17.3 Å². The Morgan fingerprint density at radius 1 is 1.50 bits per heavy atom. The number of nitrogens with two attached hydrogens (primary N) is 1. The average molecular weight is 226 g/mol. The van der Waals surface area contributed by atoms with Gasteiger partial charge in [-0.25, -0.2) is 0 Å². The molecule has 0 aliphatic heterocycles. The normalized spacial score (nSPS) is 11.0. The van der Waals surface area contributed by atoms with Gasteiger partial charge in [0.25, 0.3) is 0 Å². The standard InChI is InChI=1S/C11H12ClNS/c1-2-7-5-10(13)11-8(3-4-14-11)9(7)6-12/h3-5H,2,6,13H2,1H3. The van der Waals surface area contributed by atoms with Crippen LogP contribution in [0.2, 0.25) is 0 Å². The van der Waals surface area contributed by atoms with E-state index in [1.807, 2.05) is 0 Å². The van der Waals surface area contributed by atoms with Gasteiger partial charge in [-0.2, -0.15) is 0 Å². The molecule has 0 saturated carbocycles. The number of anilines is 1. The molecule has 2 N–H and O–H groups in total. The van der Waals surface area contributed by atoms with Crippen molar-refractivity contribution in [3.8, 4) is 0 Å². The summed E-state index contributed by atoms with van der Waals surface area (Å²) >= 11 is 7.64. The van der Waals surface area contributed by atoms with Gasteiger partial charge >= 0.3 is 0 Å². The number of nitrogen functional groups attached to an aromatic ring is 1. The van der Waals surface area contributed by atoms with Gasteiger partial charge in [0.1, 0.15) is 0 Å². The quantitative estimate of drug-likeness (QED) is 0.611. The van der Waals surface area contributed by atoms with E-state index in [2.05, 4.69) is 24.4 Å². The predicted molar refractivity (Wildman–Crippen MR) is 65.2 cm³/mol. The molecule has 0 bridgehead atoms. The fourth-order valence-electron chi connectivity index (χ4n) is 1.76. The molecule has 3 heteroatoms. The average Bonchev–Trinajstić information content (AvgIpc) is 2.66. The molecule has 0 aliphatic rings. The molecule has 1 heterocycles. The van der Waals surface area contributed by atoms with Crippen molar-refractivity contribution in [3.63, 3.8) is 0 Å². The Labute approximate surface area is 92.5 Å². The van der Waals surface area contributed by atoms with E-state index in [1.165, 1.54) is 16.5 Å².